The molecule has 1 aliphatic rings. The minimum Gasteiger partial charge on any atom is -0.348 e. The number of alkyl halides is 1. The summed E-state index contributed by atoms with van der Waals surface area (Å²) >= 11 is 9.70. The van der Waals surface area contributed by atoms with Crippen molar-refractivity contribution in [3.63, 3.8) is 0 Å². The van der Waals surface area contributed by atoms with Crippen molar-refractivity contribution >= 4 is 45.1 Å². The van der Waals surface area contributed by atoms with Crippen LogP contribution in [0.2, 0.25) is 0 Å². The van der Waals surface area contributed by atoms with Crippen molar-refractivity contribution in [2.75, 3.05) is 11.4 Å². The lowest BCUT2D eigenvalue weighted by molar-refractivity contribution is 0.624. The number of halogens is 1. The summed E-state index contributed by atoms with van der Waals surface area (Å²) < 4.78 is 2.11. The number of hydrogen-bond donors (Lipinski definition) is 0. The van der Waals surface area contributed by atoms with Gasteiger partial charge in [-0.25, -0.2) is 4.98 Å². The fraction of sp³-hybridized carbons (Fsp3) is 0.357. The van der Waals surface area contributed by atoms with E-state index in [9.17, 15) is 0 Å². The van der Waals surface area contributed by atoms with E-state index in [1.807, 2.05) is 11.3 Å². The number of fused-ring (bicyclic) bond motifs is 2. The summed E-state index contributed by atoms with van der Waals surface area (Å²) in [5.41, 5.74) is 2.55. The zero-order valence-corrected chi connectivity index (χ0v) is 13.4. The summed E-state index contributed by atoms with van der Waals surface area (Å²) in [6, 6.07) is 2.62. The van der Waals surface area contributed by atoms with Crippen LogP contribution in [-0.4, -0.2) is 15.9 Å². The van der Waals surface area contributed by atoms with E-state index in [1.165, 1.54) is 10.4 Å². The van der Waals surface area contributed by atoms with Crippen LogP contribution < -0.4 is 4.90 Å². The number of imidazole rings is 1. The molecule has 104 valence electrons. The van der Waals surface area contributed by atoms with Gasteiger partial charge in [-0.05, 0) is 30.4 Å². The molecule has 6 heteroatoms. The topological polar surface area (TPSA) is 20.5 Å². The number of hydrogen-bond acceptors (Lipinski definition) is 4. The van der Waals surface area contributed by atoms with E-state index >= 15 is 0 Å². The number of aromatic nitrogens is 2. The molecule has 1 aliphatic heterocycles. The van der Waals surface area contributed by atoms with Gasteiger partial charge in [-0.1, -0.05) is 0 Å². The second-order valence-electron chi connectivity index (χ2n) is 4.99. The maximum Gasteiger partial charge on any atom is 0.195 e. The highest BCUT2D eigenvalue weighted by atomic mass is 35.5. The van der Waals surface area contributed by atoms with Crippen molar-refractivity contribution in [2.24, 2.45) is 0 Å². The lowest BCUT2D eigenvalue weighted by Gasteiger charge is -2.34. The third-order valence-corrected chi connectivity index (χ3v) is 6.02. The van der Waals surface area contributed by atoms with Crippen molar-refractivity contribution < 1.29 is 0 Å². The molecule has 0 spiro atoms. The van der Waals surface area contributed by atoms with E-state index in [-0.39, 0.29) is 0 Å². The van der Waals surface area contributed by atoms with Crippen molar-refractivity contribution in [3.05, 3.63) is 39.2 Å². The van der Waals surface area contributed by atoms with Crippen LogP contribution in [0.1, 0.15) is 29.1 Å². The van der Waals surface area contributed by atoms with Crippen LogP contribution in [0.3, 0.4) is 0 Å². The van der Waals surface area contributed by atoms with E-state index < -0.39 is 0 Å². The van der Waals surface area contributed by atoms with Crippen LogP contribution in [0.25, 0.3) is 4.96 Å². The van der Waals surface area contributed by atoms with Crippen molar-refractivity contribution in [2.45, 2.75) is 25.3 Å². The van der Waals surface area contributed by atoms with E-state index in [4.69, 9.17) is 16.6 Å². The molecule has 0 saturated carbocycles. The lowest BCUT2D eigenvalue weighted by Crippen LogP contribution is -2.34. The first-order valence-corrected chi connectivity index (χ1v) is 8.92. The van der Waals surface area contributed by atoms with Crippen molar-refractivity contribution in [3.8, 4) is 0 Å². The molecule has 3 nitrogen and oxygen atoms in total. The Labute approximate surface area is 130 Å². The molecule has 0 fully saturated rings. The van der Waals surface area contributed by atoms with Gasteiger partial charge in [0.15, 0.2) is 10.8 Å². The summed E-state index contributed by atoms with van der Waals surface area (Å²) in [7, 11) is 0. The summed E-state index contributed by atoms with van der Waals surface area (Å²) in [5.74, 6) is 1.55. The Hall–Kier alpha value is -1.04. The summed E-state index contributed by atoms with van der Waals surface area (Å²) in [5, 5.41) is 4.25. The molecule has 1 unspecified atom stereocenters. The van der Waals surface area contributed by atoms with E-state index in [2.05, 4.69) is 39.2 Å². The fourth-order valence-electron chi connectivity index (χ4n) is 2.97. The maximum absolute atomic E-state index is 6.17. The van der Waals surface area contributed by atoms with Crippen LogP contribution in [0.4, 0.5) is 5.82 Å². The van der Waals surface area contributed by atoms with Crippen LogP contribution in [0.5, 0.6) is 0 Å². The predicted octanol–water partition coefficient (Wildman–Crippen LogP) is 4.32. The normalized spacial score (nSPS) is 18.7. The number of rotatable bonds is 2. The molecule has 3 aromatic heterocycles. The zero-order valence-electron chi connectivity index (χ0n) is 11.0. The molecule has 0 amide bonds. The maximum atomic E-state index is 6.17. The second kappa shape index (κ2) is 4.76. The quantitative estimate of drug-likeness (QED) is 0.655. The molecule has 0 bridgehead atoms. The van der Waals surface area contributed by atoms with Crippen LogP contribution >= 0.6 is 34.3 Å². The highest BCUT2D eigenvalue weighted by Gasteiger charge is 2.28. The molecule has 4 rings (SSSR count). The van der Waals surface area contributed by atoms with Crippen molar-refractivity contribution in [1.82, 2.24) is 9.38 Å². The number of thiophene rings is 1. The van der Waals surface area contributed by atoms with Gasteiger partial charge in [0, 0.05) is 23.0 Å². The molecule has 0 aliphatic carbocycles. The van der Waals surface area contributed by atoms with E-state index in [0.29, 0.717) is 11.9 Å². The van der Waals surface area contributed by atoms with Crippen LogP contribution in [0, 0.1) is 0 Å². The van der Waals surface area contributed by atoms with Gasteiger partial charge in [0.2, 0.25) is 0 Å². The Balaban J connectivity index is 1.82. The lowest BCUT2D eigenvalue weighted by atomic mass is 10.0. The standard InChI is InChI=1S/C14H14ClN3S2/c1-9-10-3-6-19-12(10)2-4-17(9)13-11(8-15)18-5-7-20-14(18)16-13/h3,5-7,9H,2,4,8H2,1H3. The molecule has 0 radical (unpaired) electrons. The Morgan fingerprint density at radius 3 is 3.15 bits per heavy atom. The van der Waals surface area contributed by atoms with Crippen LogP contribution in [-0.2, 0) is 12.3 Å². The van der Waals surface area contributed by atoms with E-state index in [0.717, 1.165) is 29.4 Å². The molecule has 0 N–H and O–H groups in total. The molecule has 20 heavy (non-hydrogen) atoms. The summed E-state index contributed by atoms with van der Waals surface area (Å²) in [6.45, 7) is 3.28. The molecule has 4 heterocycles. The molecule has 1 atom stereocenters. The fourth-order valence-corrected chi connectivity index (χ4v) is 4.91. The average molecular weight is 324 g/mol. The Morgan fingerprint density at radius 1 is 1.40 bits per heavy atom. The van der Waals surface area contributed by atoms with Gasteiger partial charge >= 0.3 is 0 Å². The first kappa shape index (κ1) is 12.7. The minimum atomic E-state index is 0.372. The smallest absolute Gasteiger partial charge is 0.195 e. The number of thiazole rings is 1. The minimum absolute atomic E-state index is 0.372. The van der Waals surface area contributed by atoms with Gasteiger partial charge < -0.3 is 4.90 Å². The third-order valence-electron chi connectivity index (χ3n) is 4.02. The zero-order chi connectivity index (χ0) is 13.7. The molecular weight excluding hydrogens is 310 g/mol. The first-order valence-electron chi connectivity index (χ1n) is 6.63. The average Bonchev–Trinajstić information content (AvgIpc) is 3.13. The number of nitrogens with zero attached hydrogens (tertiary/aromatic N) is 3. The second-order valence-corrected chi connectivity index (χ2v) is 7.13. The SMILES string of the molecule is CC1c2ccsc2CCN1c1nc2sccn2c1CCl. The van der Waals surface area contributed by atoms with Gasteiger partial charge in [0.1, 0.15) is 0 Å². The van der Waals surface area contributed by atoms with Gasteiger partial charge in [0.25, 0.3) is 0 Å². The molecule has 3 aromatic rings. The Bertz CT molecular complexity index is 757. The highest BCUT2D eigenvalue weighted by molar-refractivity contribution is 7.15. The first-order chi connectivity index (χ1) is 9.79. The summed E-state index contributed by atoms with van der Waals surface area (Å²) in [4.78, 5) is 9.74. The van der Waals surface area contributed by atoms with Gasteiger partial charge in [0.05, 0.1) is 17.6 Å². The highest BCUT2D eigenvalue weighted by Crippen LogP contribution is 2.38. The van der Waals surface area contributed by atoms with Crippen molar-refractivity contribution in [1.29, 1.82) is 0 Å². The molecule has 0 aromatic carbocycles. The van der Waals surface area contributed by atoms with Gasteiger partial charge in [-0.2, -0.15) is 0 Å². The van der Waals surface area contributed by atoms with E-state index in [1.54, 1.807) is 11.3 Å². The Kier molecular flexibility index (Phi) is 3.02. The predicted molar refractivity (Wildman–Crippen MR) is 86.4 cm³/mol. The summed E-state index contributed by atoms with van der Waals surface area (Å²) in [6.07, 6.45) is 3.16. The third kappa shape index (κ3) is 1.73. The molecular formula is C14H14ClN3S2. The monoisotopic (exact) mass is 323 g/mol. The Morgan fingerprint density at radius 2 is 2.30 bits per heavy atom. The van der Waals surface area contributed by atoms with Gasteiger partial charge in [-0.15, -0.1) is 34.3 Å². The van der Waals surface area contributed by atoms with Crippen LogP contribution in [0.15, 0.2) is 23.0 Å². The van der Waals surface area contributed by atoms with Gasteiger partial charge in [-0.3, -0.25) is 4.40 Å². The largest absolute Gasteiger partial charge is 0.348 e. The molecule has 0 saturated heterocycles. The number of anilines is 1.